The third-order valence-electron chi connectivity index (χ3n) is 7.23. The highest BCUT2D eigenvalue weighted by Gasteiger charge is 2.02. The molecule has 0 aromatic heterocycles. The molecule has 0 N–H and O–H groups in total. The Morgan fingerprint density at radius 3 is 1.49 bits per heavy atom. The molecule has 0 saturated carbocycles. The molecular formula is C32H63NO2. The highest BCUT2D eigenvalue weighted by Crippen LogP contribution is 2.18. The zero-order valence-corrected chi connectivity index (χ0v) is 24.5. The van der Waals surface area contributed by atoms with Crippen LogP contribution in [-0.2, 0) is 9.53 Å². The van der Waals surface area contributed by atoms with Gasteiger partial charge in [0.1, 0.15) is 0 Å². The number of ether oxygens (including phenoxy) is 1. The number of carbonyl (C=O) groups is 1. The van der Waals surface area contributed by atoms with Crippen LogP contribution in [0, 0.1) is 0 Å². The van der Waals surface area contributed by atoms with Crippen molar-refractivity contribution in [3.8, 4) is 0 Å². The third-order valence-corrected chi connectivity index (χ3v) is 7.23. The highest BCUT2D eigenvalue weighted by atomic mass is 16.5. The minimum absolute atomic E-state index is 0.0778. The van der Waals surface area contributed by atoms with E-state index in [0.29, 0.717) is 6.42 Å². The van der Waals surface area contributed by atoms with Gasteiger partial charge in [-0.1, -0.05) is 128 Å². The van der Waals surface area contributed by atoms with Gasteiger partial charge in [-0.3, -0.25) is 4.79 Å². The molecule has 0 aliphatic heterocycles. The molecule has 0 radical (unpaired) electrons. The molecule has 0 rings (SSSR count). The van der Waals surface area contributed by atoms with Crippen LogP contribution in [0.15, 0.2) is 11.6 Å². The molecule has 0 aliphatic carbocycles. The topological polar surface area (TPSA) is 29.5 Å². The molecule has 35 heavy (non-hydrogen) atoms. The van der Waals surface area contributed by atoms with E-state index in [-0.39, 0.29) is 5.97 Å². The second kappa shape index (κ2) is 27.8. The first kappa shape index (κ1) is 34.2. The van der Waals surface area contributed by atoms with E-state index < -0.39 is 0 Å². The summed E-state index contributed by atoms with van der Waals surface area (Å²) >= 11 is 0. The van der Waals surface area contributed by atoms with Gasteiger partial charge < -0.3 is 9.64 Å². The Kier molecular flexibility index (Phi) is 27.1. The molecule has 208 valence electrons. The van der Waals surface area contributed by atoms with Crippen LogP contribution in [0.5, 0.6) is 0 Å². The SMILES string of the molecule is CCCCCCCCCCCCCCCCCCC/C(=C/CCCCCC(=O)OC)CCN(C)C. The maximum absolute atomic E-state index is 11.2. The minimum Gasteiger partial charge on any atom is -0.469 e. The van der Waals surface area contributed by atoms with E-state index in [1.54, 1.807) is 5.57 Å². The number of unbranched alkanes of at least 4 members (excludes halogenated alkanes) is 19. The molecule has 0 saturated heterocycles. The first-order valence-corrected chi connectivity index (χ1v) is 15.5. The van der Waals surface area contributed by atoms with Gasteiger partial charge in [-0.15, -0.1) is 0 Å². The van der Waals surface area contributed by atoms with E-state index in [9.17, 15) is 4.79 Å². The summed E-state index contributed by atoms with van der Waals surface area (Å²) in [4.78, 5) is 13.5. The molecule has 0 aromatic rings. The summed E-state index contributed by atoms with van der Waals surface area (Å²) < 4.78 is 4.72. The average molecular weight is 494 g/mol. The van der Waals surface area contributed by atoms with Crippen LogP contribution in [0.4, 0.5) is 0 Å². The number of carbonyl (C=O) groups excluding carboxylic acids is 1. The Bertz CT molecular complexity index is 472. The summed E-state index contributed by atoms with van der Waals surface area (Å²) in [5, 5.41) is 0. The van der Waals surface area contributed by atoms with E-state index in [1.165, 1.54) is 136 Å². The van der Waals surface area contributed by atoms with Crippen molar-refractivity contribution in [2.75, 3.05) is 27.7 Å². The molecule has 0 atom stereocenters. The molecule has 3 heteroatoms. The number of hydrogen-bond donors (Lipinski definition) is 0. The Balaban J connectivity index is 3.63. The van der Waals surface area contributed by atoms with Crippen LogP contribution in [0.1, 0.15) is 161 Å². The van der Waals surface area contributed by atoms with Gasteiger partial charge in [0.15, 0.2) is 0 Å². The van der Waals surface area contributed by atoms with Crippen molar-refractivity contribution in [2.24, 2.45) is 0 Å². The van der Waals surface area contributed by atoms with Gasteiger partial charge in [0.05, 0.1) is 7.11 Å². The third kappa shape index (κ3) is 27.6. The van der Waals surface area contributed by atoms with Crippen LogP contribution >= 0.6 is 0 Å². The maximum atomic E-state index is 11.2. The van der Waals surface area contributed by atoms with Gasteiger partial charge in [0, 0.05) is 13.0 Å². The standard InChI is InChI=1S/C32H63NO2/c1-5-6-7-8-9-10-11-12-13-14-15-16-17-18-19-20-23-26-31(29-30-33(2)3)27-24-21-22-25-28-32(34)35-4/h27H,5-26,28-30H2,1-4H3/b31-27-. The number of allylic oxidation sites excluding steroid dienone is 1. The largest absolute Gasteiger partial charge is 0.469 e. The lowest BCUT2D eigenvalue weighted by Gasteiger charge is -2.13. The quantitative estimate of drug-likeness (QED) is 0.0647. The second-order valence-electron chi connectivity index (χ2n) is 11.0. The van der Waals surface area contributed by atoms with Crippen molar-refractivity contribution in [1.29, 1.82) is 0 Å². The molecule has 0 bridgehead atoms. The molecule has 3 nitrogen and oxygen atoms in total. The highest BCUT2D eigenvalue weighted by molar-refractivity contribution is 5.68. The van der Waals surface area contributed by atoms with E-state index >= 15 is 0 Å². The van der Waals surface area contributed by atoms with Gasteiger partial charge in [0.2, 0.25) is 0 Å². The van der Waals surface area contributed by atoms with E-state index in [1.807, 2.05) is 0 Å². The molecular weight excluding hydrogens is 430 g/mol. The second-order valence-corrected chi connectivity index (χ2v) is 11.0. The number of methoxy groups -OCH3 is 1. The lowest BCUT2D eigenvalue weighted by molar-refractivity contribution is -0.140. The van der Waals surface area contributed by atoms with Crippen LogP contribution in [0.25, 0.3) is 0 Å². The molecule has 0 fully saturated rings. The van der Waals surface area contributed by atoms with Crippen LogP contribution < -0.4 is 0 Å². The molecule has 0 aliphatic rings. The Labute approximate surface area is 220 Å². The normalized spacial score (nSPS) is 12.0. The van der Waals surface area contributed by atoms with Crippen molar-refractivity contribution < 1.29 is 9.53 Å². The zero-order chi connectivity index (χ0) is 25.8. The van der Waals surface area contributed by atoms with Gasteiger partial charge in [-0.2, -0.15) is 0 Å². The minimum atomic E-state index is -0.0778. The maximum Gasteiger partial charge on any atom is 0.305 e. The fourth-order valence-electron chi connectivity index (χ4n) is 4.77. The van der Waals surface area contributed by atoms with E-state index in [4.69, 9.17) is 4.74 Å². The van der Waals surface area contributed by atoms with Crippen LogP contribution in [-0.4, -0.2) is 38.6 Å². The van der Waals surface area contributed by atoms with Crippen LogP contribution in [0.2, 0.25) is 0 Å². The summed E-state index contributed by atoms with van der Waals surface area (Å²) in [5.41, 5.74) is 1.65. The lowest BCUT2D eigenvalue weighted by atomic mass is 10.00. The van der Waals surface area contributed by atoms with Crippen LogP contribution in [0.3, 0.4) is 0 Å². The lowest BCUT2D eigenvalue weighted by Crippen LogP contribution is -2.13. The monoisotopic (exact) mass is 493 g/mol. The van der Waals surface area contributed by atoms with Crippen molar-refractivity contribution in [3.63, 3.8) is 0 Å². The zero-order valence-electron chi connectivity index (χ0n) is 24.5. The summed E-state index contributed by atoms with van der Waals surface area (Å²) in [6.07, 6.45) is 34.3. The van der Waals surface area contributed by atoms with Gasteiger partial charge >= 0.3 is 5.97 Å². The predicted molar refractivity (Wildman–Crippen MR) is 155 cm³/mol. The van der Waals surface area contributed by atoms with Crippen molar-refractivity contribution in [2.45, 2.75) is 161 Å². The van der Waals surface area contributed by atoms with Crippen molar-refractivity contribution in [3.05, 3.63) is 11.6 Å². The number of esters is 1. The van der Waals surface area contributed by atoms with Crippen molar-refractivity contribution >= 4 is 5.97 Å². The molecule has 0 unspecified atom stereocenters. The van der Waals surface area contributed by atoms with E-state index in [0.717, 1.165) is 25.8 Å². The Hall–Kier alpha value is -0.830. The number of hydrogen-bond acceptors (Lipinski definition) is 3. The molecule has 0 spiro atoms. The Morgan fingerprint density at radius 1 is 0.600 bits per heavy atom. The Morgan fingerprint density at radius 2 is 1.03 bits per heavy atom. The summed E-state index contributed by atoms with van der Waals surface area (Å²) in [6, 6.07) is 0. The summed E-state index contributed by atoms with van der Waals surface area (Å²) in [7, 11) is 5.81. The molecule has 0 aromatic carbocycles. The number of nitrogens with zero attached hydrogens (tertiary/aromatic N) is 1. The predicted octanol–water partition coefficient (Wildman–Crippen LogP) is 10.0. The molecule has 0 heterocycles. The summed E-state index contributed by atoms with van der Waals surface area (Å²) in [6.45, 7) is 3.44. The molecule has 0 amide bonds. The fourth-order valence-corrected chi connectivity index (χ4v) is 4.77. The van der Waals surface area contributed by atoms with Crippen molar-refractivity contribution in [1.82, 2.24) is 4.90 Å². The van der Waals surface area contributed by atoms with Gasteiger partial charge in [-0.25, -0.2) is 0 Å². The first-order valence-electron chi connectivity index (χ1n) is 15.5. The number of rotatable bonds is 27. The smallest absolute Gasteiger partial charge is 0.305 e. The summed E-state index contributed by atoms with van der Waals surface area (Å²) in [5.74, 6) is -0.0778. The van der Waals surface area contributed by atoms with Gasteiger partial charge in [0.25, 0.3) is 0 Å². The average Bonchev–Trinajstić information content (AvgIpc) is 2.85. The fraction of sp³-hybridized carbons (Fsp3) is 0.906. The van der Waals surface area contributed by atoms with Gasteiger partial charge in [-0.05, 0) is 52.6 Å². The first-order chi connectivity index (χ1) is 17.1. The van der Waals surface area contributed by atoms with E-state index in [2.05, 4.69) is 32.0 Å².